The van der Waals surface area contributed by atoms with Crippen LogP contribution in [0, 0.1) is 0 Å². The highest BCUT2D eigenvalue weighted by Gasteiger charge is 2.16. The number of halogens is 1. The molecule has 0 saturated carbocycles. The van der Waals surface area contributed by atoms with Crippen molar-refractivity contribution in [2.24, 2.45) is 0 Å². The Bertz CT molecular complexity index is 615. The molecule has 0 amide bonds. The zero-order valence-corrected chi connectivity index (χ0v) is 12.6. The smallest absolute Gasteiger partial charge is 0.123 e. The summed E-state index contributed by atoms with van der Waals surface area (Å²) >= 11 is 3.45. The first-order valence-electron chi connectivity index (χ1n) is 6.63. The maximum atomic E-state index is 9.95. The van der Waals surface area contributed by atoms with Gasteiger partial charge in [0.05, 0.1) is 0 Å². The molecule has 1 N–H and O–H groups in total. The second-order valence-corrected chi connectivity index (χ2v) is 5.86. The fourth-order valence-corrected chi connectivity index (χ4v) is 2.85. The van der Waals surface area contributed by atoms with E-state index in [4.69, 9.17) is 4.74 Å². The van der Waals surface area contributed by atoms with Crippen molar-refractivity contribution in [1.29, 1.82) is 0 Å². The highest BCUT2D eigenvalue weighted by atomic mass is 79.9. The van der Waals surface area contributed by atoms with Gasteiger partial charge in [-0.25, -0.2) is 0 Å². The number of phenolic OH excluding ortho intramolecular Hbond substituents is 1. The van der Waals surface area contributed by atoms with Crippen LogP contribution in [-0.4, -0.2) is 23.2 Å². The van der Waals surface area contributed by atoms with E-state index >= 15 is 0 Å². The minimum Gasteiger partial charge on any atom is -0.508 e. The lowest BCUT2D eigenvalue weighted by atomic mass is 10.1. The van der Waals surface area contributed by atoms with Gasteiger partial charge in [-0.1, -0.05) is 34.1 Å². The molecule has 2 aromatic carbocycles. The van der Waals surface area contributed by atoms with Crippen molar-refractivity contribution in [3.05, 3.63) is 58.1 Å². The molecule has 20 heavy (non-hydrogen) atoms. The Kier molecular flexibility index (Phi) is 3.94. The maximum absolute atomic E-state index is 9.95. The van der Waals surface area contributed by atoms with Crippen molar-refractivity contribution < 1.29 is 9.84 Å². The first kappa shape index (κ1) is 13.5. The Balaban J connectivity index is 1.80. The van der Waals surface area contributed by atoms with Crippen LogP contribution >= 0.6 is 15.9 Å². The number of hydrogen-bond donors (Lipinski definition) is 1. The monoisotopic (exact) mass is 333 g/mol. The highest BCUT2D eigenvalue weighted by molar-refractivity contribution is 9.10. The quantitative estimate of drug-likeness (QED) is 0.912. The van der Waals surface area contributed by atoms with Crippen LogP contribution in [0.4, 0.5) is 0 Å². The fourth-order valence-electron chi connectivity index (χ4n) is 2.44. The molecule has 3 rings (SSSR count). The highest BCUT2D eigenvalue weighted by Crippen LogP contribution is 2.27. The third-order valence-corrected chi connectivity index (χ3v) is 3.96. The van der Waals surface area contributed by atoms with Crippen LogP contribution in [0.5, 0.6) is 11.5 Å². The van der Waals surface area contributed by atoms with E-state index < -0.39 is 0 Å². The van der Waals surface area contributed by atoms with Crippen molar-refractivity contribution in [2.75, 3.05) is 13.2 Å². The lowest BCUT2D eigenvalue weighted by Crippen LogP contribution is -2.25. The van der Waals surface area contributed by atoms with Crippen molar-refractivity contribution in [3.63, 3.8) is 0 Å². The largest absolute Gasteiger partial charge is 0.508 e. The average molecular weight is 334 g/mol. The summed E-state index contributed by atoms with van der Waals surface area (Å²) in [4.78, 5) is 2.29. The predicted octanol–water partition coefficient (Wildman–Crippen LogP) is 3.55. The lowest BCUT2D eigenvalue weighted by Gasteiger charge is -2.20. The van der Waals surface area contributed by atoms with E-state index in [1.807, 2.05) is 30.3 Å². The van der Waals surface area contributed by atoms with Crippen LogP contribution in [0.15, 0.2) is 46.9 Å². The maximum Gasteiger partial charge on any atom is 0.123 e. The number of rotatable bonds is 2. The van der Waals surface area contributed by atoms with Gasteiger partial charge in [-0.15, -0.1) is 0 Å². The van der Waals surface area contributed by atoms with Gasteiger partial charge in [-0.2, -0.15) is 0 Å². The topological polar surface area (TPSA) is 32.7 Å². The van der Waals surface area contributed by atoms with Gasteiger partial charge in [-0.3, -0.25) is 4.90 Å². The van der Waals surface area contributed by atoms with Crippen molar-refractivity contribution >= 4 is 15.9 Å². The molecule has 0 bridgehead atoms. The van der Waals surface area contributed by atoms with Crippen molar-refractivity contribution in [1.82, 2.24) is 4.90 Å². The summed E-state index contributed by atoms with van der Waals surface area (Å²) in [6, 6.07) is 13.7. The van der Waals surface area contributed by atoms with Crippen LogP contribution in [0.3, 0.4) is 0 Å². The first-order valence-corrected chi connectivity index (χ1v) is 7.42. The molecule has 0 fully saturated rings. The van der Waals surface area contributed by atoms with E-state index in [1.54, 1.807) is 6.07 Å². The standard InChI is InChI=1S/C16H16BrNO2/c17-14-5-6-15(19)13(9-14)11-18-7-8-20-16-4-2-1-3-12(16)10-18/h1-6,9,19H,7-8,10-11H2. The number of benzene rings is 2. The van der Waals surface area contributed by atoms with E-state index in [2.05, 4.69) is 26.9 Å². The fraction of sp³-hybridized carbons (Fsp3) is 0.250. The number of ether oxygens (including phenoxy) is 1. The van der Waals surface area contributed by atoms with Gasteiger partial charge in [0.25, 0.3) is 0 Å². The molecule has 0 atom stereocenters. The third kappa shape index (κ3) is 2.97. The van der Waals surface area contributed by atoms with Crippen molar-refractivity contribution in [3.8, 4) is 11.5 Å². The SMILES string of the molecule is Oc1ccc(Br)cc1CN1CCOc2ccccc2C1. The van der Waals surface area contributed by atoms with Crippen LogP contribution < -0.4 is 4.74 Å². The summed E-state index contributed by atoms with van der Waals surface area (Å²) in [6.07, 6.45) is 0. The minimum atomic E-state index is 0.339. The van der Waals surface area contributed by atoms with Gasteiger partial charge in [0.2, 0.25) is 0 Å². The summed E-state index contributed by atoms with van der Waals surface area (Å²) in [5, 5.41) is 9.95. The van der Waals surface area contributed by atoms with Crippen LogP contribution in [0.25, 0.3) is 0 Å². The molecule has 1 aliphatic rings. The number of nitrogens with zero attached hydrogens (tertiary/aromatic N) is 1. The zero-order chi connectivity index (χ0) is 13.9. The van der Waals surface area contributed by atoms with Crippen LogP contribution in [0.2, 0.25) is 0 Å². The Hall–Kier alpha value is -1.52. The summed E-state index contributed by atoms with van der Waals surface area (Å²) in [5.74, 6) is 1.31. The lowest BCUT2D eigenvalue weighted by molar-refractivity contribution is 0.217. The van der Waals surface area contributed by atoms with Crippen LogP contribution in [-0.2, 0) is 13.1 Å². The minimum absolute atomic E-state index is 0.339. The Labute approximate surface area is 126 Å². The number of phenols is 1. The van der Waals surface area contributed by atoms with Crippen molar-refractivity contribution in [2.45, 2.75) is 13.1 Å². The Morgan fingerprint density at radius 2 is 2.05 bits per heavy atom. The number of para-hydroxylation sites is 1. The average Bonchev–Trinajstić information content (AvgIpc) is 2.64. The summed E-state index contributed by atoms with van der Waals surface area (Å²) < 4.78 is 6.74. The van der Waals surface area contributed by atoms with E-state index in [0.717, 1.165) is 28.9 Å². The molecule has 0 spiro atoms. The predicted molar refractivity (Wildman–Crippen MR) is 81.9 cm³/mol. The molecule has 0 unspecified atom stereocenters. The summed E-state index contributed by atoms with van der Waals surface area (Å²) in [5.41, 5.74) is 2.12. The van der Waals surface area contributed by atoms with E-state index in [-0.39, 0.29) is 0 Å². The van der Waals surface area contributed by atoms with E-state index in [1.165, 1.54) is 5.56 Å². The van der Waals surface area contributed by atoms with Gasteiger partial charge < -0.3 is 9.84 Å². The molecule has 0 saturated heterocycles. The van der Waals surface area contributed by atoms with Gasteiger partial charge in [0.15, 0.2) is 0 Å². The molecule has 0 radical (unpaired) electrons. The number of aromatic hydroxyl groups is 1. The molecular formula is C16H16BrNO2. The Morgan fingerprint density at radius 1 is 1.20 bits per heavy atom. The molecule has 4 heteroatoms. The van der Waals surface area contributed by atoms with Crippen LogP contribution in [0.1, 0.15) is 11.1 Å². The van der Waals surface area contributed by atoms with Gasteiger partial charge in [0, 0.05) is 35.2 Å². The molecular weight excluding hydrogens is 318 g/mol. The second kappa shape index (κ2) is 5.85. The normalized spacial score (nSPS) is 15.2. The third-order valence-electron chi connectivity index (χ3n) is 3.47. The van der Waals surface area contributed by atoms with Gasteiger partial charge in [0.1, 0.15) is 18.1 Å². The van der Waals surface area contributed by atoms with E-state index in [0.29, 0.717) is 18.9 Å². The molecule has 1 aliphatic heterocycles. The molecule has 104 valence electrons. The first-order chi connectivity index (χ1) is 9.72. The Morgan fingerprint density at radius 3 is 2.95 bits per heavy atom. The summed E-state index contributed by atoms with van der Waals surface area (Å²) in [7, 11) is 0. The van der Waals surface area contributed by atoms with Gasteiger partial charge in [-0.05, 0) is 24.3 Å². The molecule has 0 aromatic heterocycles. The molecule has 3 nitrogen and oxygen atoms in total. The zero-order valence-electron chi connectivity index (χ0n) is 11.1. The van der Waals surface area contributed by atoms with E-state index in [9.17, 15) is 5.11 Å². The summed E-state index contributed by atoms with van der Waals surface area (Å²) in [6.45, 7) is 3.07. The van der Waals surface area contributed by atoms with Gasteiger partial charge >= 0.3 is 0 Å². The molecule has 0 aliphatic carbocycles. The number of hydrogen-bond acceptors (Lipinski definition) is 3. The molecule has 2 aromatic rings. The number of fused-ring (bicyclic) bond motifs is 1. The second-order valence-electron chi connectivity index (χ2n) is 4.94. The molecule has 1 heterocycles.